The fourth-order valence-corrected chi connectivity index (χ4v) is 2.77. The van der Waals surface area contributed by atoms with Crippen LogP contribution in [0.3, 0.4) is 0 Å². The minimum Gasteiger partial charge on any atom is -0.316 e. The first kappa shape index (κ1) is 12.9. The van der Waals surface area contributed by atoms with E-state index < -0.39 is 0 Å². The SMILES string of the molecule is CNC1CCCN(C(C)c2cccc(Cl)c2)C1. The van der Waals surface area contributed by atoms with Crippen LogP contribution in [-0.2, 0) is 0 Å². The van der Waals surface area contributed by atoms with Crippen molar-refractivity contribution in [3.8, 4) is 0 Å². The van der Waals surface area contributed by atoms with Crippen molar-refractivity contribution in [2.45, 2.75) is 31.8 Å². The topological polar surface area (TPSA) is 15.3 Å². The first-order valence-corrected chi connectivity index (χ1v) is 6.75. The highest BCUT2D eigenvalue weighted by Crippen LogP contribution is 2.25. The number of piperidine rings is 1. The average molecular weight is 253 g/mol. The molecule has 1 aliphatic heterocycles. The van der Waals surface area contributed by atoms with Crippen molar-refractivity contribution in [2.24, 2.45) is 0 Å². The van der Waals surface area contributed by atoms with Gasteiger partial charge in [-0.3, -0.25) is 4.90 Å². The van der Waals surface area contributed by atoms with E-state index in [0.717, 1.165) is 11.6 Å². The maximum atomic E-state index is 6.05. The van der Waals surface area contributed by atoms with Crippen LogP contribution in [0.2, 0.25) is 5.02 Å². The summed E-state index contributed by atoms with van der Waals surface area (Å²) in [5.41, 5.74) is 1.31. The second-order valence-electron chi connectivity index (χ2n) is 4.85. The number of rotatable bonds is 3. The van der Waals surface area contributed by atoms with E-state index in [4.69, 9.17) is 11.6 Å². The minimum atomic E-state index is 0.449. The Morgan fingerprint density at radius 2 is 2.29 bits per heavy atom. The molecular formula is C14H21ClN2. The molecule has 0 spiro atoms. The Hall–Kier alpha value is -0.570. The van der Waals surface area contributed by atoms with Gasteiger partial charge in [0.2, 0.25) is 0 Å². The van der Waals surface area contributed by atoms with Crippen LogP contribution >= 0.6 is 11.6 Å². The van der Waals surface area contributed by atoms with E-state index in [2.05, 4.69) is 36.3 Å². The molecule has 17 heavy (non-hydrogen) atoms. The molecular weight excluding hydrogens is 232 g/mol. The lowest BCUT2D eigenvalue weighted by atomic mass is 10.0. The van der Waals surface area contributed by atoms with Crippen molar-refractivity contribution in [1.29, 1.82) is 0 Å². The number of nitrogens with one attached hydrogen (secondary N) is 1. The Morgan fingerprint density at radius 1 is 1.47 bits per heavy atom. The Bertz CT molecular complexity index is 367. The third kappa shape index (κ3) is 3.21. The highest BCUT2D eigenvalue weighted by atomic mass is 35.5. The molecule has 3 heteroatoms. The van der Waals surface area contributed by atoms with Crippen molar-refractivity contribution >= 4 is 11.6 Å². The Labute approximate surface area is 109 Å². The molecule has 2 nitrogen and oxygen atoms in total. The molecule has 1 N–H and O–H groups in total. The summed E-state index contributed by atoms with van der Waals surface area (Å²) in [7, 11) is 2.05. The molecule has 0 aliphatic carbocycles. The van der Waals surface area contributed by atoms with Crippen LogP contribution in [0, 0.1) is 0 Å². The van der Waals surface area contributed by atoms with Gasteiger partial charge in [-0.1, -0.05) is 23.7 Å². The summed E-state index contributed by atoms with van der Waals surface area (Å²) in [6.07, 6.45) is 2.56. The number of hydrogen-bond acceptors (Lipinski definition) is 2. The number of hydrogen-bond donors (Lipinski definition) is 1. The van der Waals surface area contributed by atoms with E-state index in [1.807, 2.05) is 12.1 Å². The molecule has 1 aromatic rings. The fourth-order valence-electron chi connectivity index (χ4n) is 2.57. The second-order valence-corrected chi connectivity index (χ2v) is 5.29. The molecule has 0 aromatic heterocycles. The molecule has 0 radical (unpaired) electrons. The lowest BCUT2D eigenvalue weighted by Gasteiger charge is -2.37. The lowest BCUT2D eigenvalue weighted by Crippen LogP contribution is -2.45. The Balaban J connectivity index is 2.06. The summed E-state index contributed by atoms with van der Waals surface area (Å²) in [5, 5.41) is 4.21. The summed E-state index contributed by atoms with van der Waals surface area (Å²) in [4.78, 5) is 2.54. The highest BCUT2D eigenvalue weighted by Gasteiger charge is 2.23. The van der Waals surface area contributed by atoms with Crippen molar-refractivity contribution in [1.82, 2.24) is 10.2 Å². The fraction of sp³-hybridized carbons (Fsp3) is 0.571. The van der Waals surface area contributed by atoms with E-state index >= 15 is 0 Å². The summed E-state index contributed by atoms with van der Waals surface area (Å²) < 4.78 is 0. The smallest absolute Gasteiger partial charge is 0.0409 e. The van der Waals surface area contributed by atoms with Gasteiger partial charge in [0, 0.05) is 23.7 Å². The van der Waals surface area contributed by atoms with Gasteiger partial charge in [0.05, 0.1) is 0 Å². The first-order valence-electron chi connectivity index (χ1n) is 6.37. The maximum absolute atomic E-state index is 6.05. The van der Waals surface area contributed by atoms with E-state index in [0.29, 0.717) is 12.1 Å². The summed E-state index contributed by atoms with van der Waals surface area (Å²) in [5.74, 6) is 0. The van der Waals surface area contributed by atoms with Crippen LogP contribution in [-0.4, -0.2) is 31.1 Å². The van der Waals surface area contributed by atoms with Gasteiger partial charge < -0.3 is 5.32 Å². The van der Waals surface area contributed by atoms with Crippen LogP contribution in [0.1, 0.15) is 31.4 Å². The van der Waals surface area contributed by atoms with Gasteiger partial charge in [0.1, 0.15) is 0 Å². The number of likely N-dealkylation sites (N-methyl/N-ethyl adjacent to an activating group) is 1. The molecule has 0 amide bonds. The highest BCUT2D eigenvalue weighted by molar-refractivity contribution is 6.30. The van der Waals surface area contributed by atoms with E-state index in [1.165, 1.54) is 24.9 Å². The molecule has 1 fully saturated rings. The van der Waals surface area contributed by atoms with Crippen LogP contribution in [0.15, 0.2) is 24.3 Å². The number of halogens is 1. The second kappa shape index (κ2) is 5.85. The van der Waals surface area contributed by atoms with Gasteiger partial charge >= 0.3 is 0 Å². The molecule has 1 aromatic carbocycles. The summed E-state index contributed by atoms with van der Waals surface area (Å²) in [6.45, 7) is 4.58. The predicted octanol–water partition coefficient (Wildman–Crippen LogP) is 3.08. The number of nitrogens with zero attached hydrogens (tertiary/aromatic N) is 1. The van der Waals surface area contributed by atoms with Gasteiger partial charge in [-0.05, 0) is 51.1 Å². The molecule has 2 unspecified atom stereocenters. The third-order valence-electron chi connectivity index (χ3n) is 3.74. The van der Waals surface area contributed by atoms with Gasteiger partial charge in [-0.2, -0.15) is 0 Å². The largest absolute Gasteiger partial charge is 0.316 e. The van der Waals surface area contributed by atoms with E-state index in [-0.39, 0.29) is 0 Å². The molecule has 0 saturated carbocycles. The number of likely N-dealkylation sites (tertiary alicyclic amines) is 1. The average Bonchev–Trinajstić information content (AvgIpc) is 2.38. The van der Waals surface area contributed by atoms with Crippen LogP contribution < -0.4 is 5.32 Å². The zero-order valence-electron chi connectivity index (χ0n) is 10.6. The molecule has 2 atom stereocenters. The molecule has 0 bridgehead atoms. The maximum Gasteiger partial charge on any atom is 0.0409 e. The molecule has 94 valence electrons. The monoisotopic (exact) mass is 252 g/mol. The van der Waals surface area contributed by atoms with E-state index in [9.17, 15) is 0 Å². The number of benzene rings is 1. The quantitative estimate of drug-likeness (QED) is 0.890. The van der Waals surface area contributed by atoms with Crippen molar-refractivity contribution in [2.75, 3.05) is 20.1 Å². The predicted molar refractivity (Wildman–Crippen MR) is 73.5 cm³/mol. The normalized spacial score (nSPS) is 23.6. The summed E-state index contributed by atoms with van der Waals surface area (Å²) >= 11 is 6.05. The van der Waals surface area contributed by atoms with Gasteiger partial charge in [0.25, 0.3) is 0 Å². The Morgan fingerprint density at radius 3 is 3.00 bits per heavy atom. The zero-order valence-corrected chi connectivity index (χ0v) is 11.4. The lowest BCUT2D eigenvalue weighted by molar-refractivity contribution is 0.149. The van der Waals surface area contributed by atoms with Crippen LogP contribution in [0.4, 0.5) is 0 Å². The van der Waals surface area contributed by atoms with Gasteiger partial charge in [-0.25, -0.2) is 0 Å². The molecule has 1 heterocycles. The van der Waals surface area contributed by atoms with Gasteiger partial charge in [-0.15, -0.1) is 0 Å². The summed E-state index contributed by atoms with van der Waals surface area (Å²) in [6, 6.07) is 9.29. The van der Waals surface area contributed by atoms with Gasteiger partial charge in [0.15, 0.2) is 0 Å². The molecule has 1 aliphatic rings. The van der Waals surface area contributed by atoms with Crippen molar-refractivity contribution in [3.05, 3.63) is 34.9 Å². The van der Waals surface area contributed by atoms with Crippen molar-refractivity contribution in [3.63, 3.8) is 0 Å². The van der Waals surface area contributed by atoms with Crippen molar-refractivity contribution < 1.29 is 0 Å². The molecule has 1 saturated heterocycles. The Kier molecular flexibility index (Phi) is 4.43. The van der Waals surface area contributed by atoms with E-state index in [1.54, 1.807) is 0 Å². The van der Waals surface area contributed by atoms with Crippen LogP contribution in [0.5, 0.6) is 0 Å². The minimum absolute atomic E-state index is 0.449. The zero-order chi connectivity index (χ0) is 12.3. The van der Waals surface area contributed by atoms with Crippen LogP contribution in [0.25, 0.3) is 0 Å². The first-order chi connectivity index (χ1) is 8.20. The molecule has 2 rings (SSSR count). The third-order valence-corrected chi connectivity index (χ3v) is 3.97. The standard InChI is InChI=1S/C14H21ClN2/c1-11(12-5-3-6-13(15)9-12)17-8-4-7-14(10-17)16-2/h3,5-6,9,11,14,16H,4,7-8,10H2,1-2H3.